The van der Waals surface area contributed by atoms with Crippen molar-refractivity contribution < 1.29 is 9.53 Å². The maximum absolute atomic E-state index is 11.5. The van der Waals surface area contributed by atoms with Crippen molar-refractivity contribution in [1.29, 1.82) is 0 Å². The van der Waals surface area contributed by atoms with Gasteiger partial charge < -0.3 is 4.74 Å². The van der Waals surface area contributed by atoms with Gasteiger partial charge in [0, 0.05) is 6.08 Å². The van der Waals surface area contributed by atoms with Gasteiger partial charge in [-0.05, 0) is 48.0 Å². The normalized spacial score (nSPS) is 43.5. The first-order valence-corrected chi connectivity index (χ1v) is 6.86. The minimum absolute atomic E-state index is 0.0950. The van der Waals surface area contributed by atoms with Crippen molar-refractivity contribution in [3.05, 3.63) is 11.6 Å². The maximum Gasteiger partial charge on any atom is 0.331 e. The largest absolute Gasteiger partial charge is 0.455 e. The molecule has 2 heteroatoms. The minimum Gasteiger partial charge on any atom is -0.455 e. The Labute approximate surface area is 103 Å². The van der Waals surface area contributed by atoms with E-state index in [1.807, 2.05) is 0 Å². The number of ether oxygens (including phenoxy) is 1. The van der Waals surface area contributed by atoms with Crippen LogP contribution in [0, 0.1) is 16.7 Å². The number of carbonyl (C=O) groups is 1. The molecule has 0 spiro atoms. The summed E-state index contributed by atoms with van der Waals surface area (Å²) < 4.78 is 5.42. The highest BCUT2D eigenvalue weighted by atomic mass is 16.5. The summed E-state index contributed by atoms with van der Waals surface area (Å²) in [7, 11) is 0. The average molecular weight is 234 g/mol. The molecule has 0 amide bonds. The van der Waals surface area contributed by atoms with E-state index in [-0.39, 0.29) is 17.5 Å². The summed E-state index contributed by atoms with van der Waals surface area (Å²) >= 11 is 0. The third-order valence-electron chi connectivity index (χ3n) is 5.49. The molecule has 0 unspecified atom stereocenters. The van der Waals surface area contributed by atoms with Crippen LogP contribution in [0.4, 0.5) is 0 Å². The van der Waals surface area contributed by atoms with Gasteiger partial charge in [-0.3, -0.25) is 0 Å². The molecule has 3 atom stereocenters. The minimum atomic E-state index is -0.116. The summed E-state index contributed by atoms with van der Waals surface area (Å²) in [5.41, 5.74) is 1.91. The molecule has 0 radical (unpaired) electrons. The topological polar surface area (TPSA) is 26.3 Å². The second kappa shape index (κ2) is 3.37. The van der Waals surface area contributed by atoms with Crippen LogP contribution >= 0.6 is 0 Å². The number of rotatable bonds is 0. The number of esters is 1. The van der Waals surface area contributed by atoms with E-state index in [4.69, 9.17) is 4.74 Å². The Balaban J connectivity index is 2.02. The van der Waals surface area contributed by atoms with Gasteiger partial charge in [0.1, 0.15) is 6.10 Å². The Morgan fingerprint density at radius 2 is 2.00 bits per heavy atom. The lowest BCUT2D eigenvalue weighted by atomic mass is 9.50. The third-order valence-corrected chi connectivity index (χ3v) is 5.49. The molecule has 0 aromatic heterocycles. The van der Waals surface area contributed by atoms with Gasteiger partial charge in [0.25, 0.3) is 0 Å². The molecule has 0 aromatic rings. The van der Waals surface area contributed by atoms with Crippen LogP contribution < -0.4 is 0 Å². The van der Waals surface area contributed by atoms with Crippen LogP contribution in [-0.2, 0) is 9.53 Å². The molecule has 94 valence electrons. The van der Waals surface area contributed by atoms with Crippen molar-refractivity contribution >= 4 is 5.97 Å². The Morgan fingerprint density at radius 1 is 1.24 bits per heavy atom. The van der Waals surface area contributed by atoms with Crippen molar-refractivity contribution in [2.75, 3.05) is 0 Å². The average Bonchev–Trinajstić information content (AvgIpc) is 2.58. The van der Waals surface area contributed by atoms with Crippen molar-refractivity contribution in [1.82, 2.24) is 0 Å². The second-order valence-electron chi connectivity index (χ2n) is 6.91. The predicted octanol–water partition coefficient (Wildman–Crippen LogP) is 3.46. The highest BCUT2D eigenvalue weighted by Crippen LogP contribution is 2.60. The summed E-state index contributed by atoms with van der Waals surface area (Å²) in [4.78, 5) is 11.5. The summed E-state index contributed by atoms with van der Waals surface area (Å²) in [6, 6.07) is 0. The molecule has 3 aliphatic rings. The van der Waals surface area contributed by atoms with E-state index in [0.29, 0.717) is 11.3 Å². The van der Waals surface area contributed by atoms with Crippen LogP contribution in [0.2, 0.25) is 0 Å². The second-order valence-corrected chi connectivity index (χ2v) is 6.91. The van der Waals surface area contributed by atoms with E-state index in [1.165, 1.54) is 31.3 Å². The van der Waals surface area contributed by atoms with Crippen LogP contribution in [0.15, 0.2) is 11.6 Å². The molecule has 2 saturated carbocycles. The molecule has 1 heterocycles. The number of carbonyl (C=O) groups excluding carboxylic acids is 1. The molecule has 0 saturated heterocycles. The molecule has 0 N–H and O–H groups in total. The van der Waals surface area contributed by atoms with Gasteiger partial charge in [0.2, 0.25) is 0 Å². The van der Waals surface area contributed by atoms with E-state index in [2.05, 4.69) is 20.8 Å². The van der Waals surface area contributed by atoms with Crippen LogP contribution in [0.3, 0.4) is 0 Å². The molecule has 2 fully saturated rings. The standard InChI is InChI=1S/C15H22O2/c1-14(2)7-4-8-15(3)10-9-13(16)17-11(10)5-6-12(14)15/h9,11-12H,4-8H2,1-3H3/t11-,12+,15-/m1/s1. The Kier molecular flexibility index (Phi) is 2.24. The van der Waals surface area contributed by atoms with Gasteiger partial charge in [-0.25, -0.2) is 4.79 Å². The fraction of sp³-hybridized carbons (Fsp3) is 0.800. The molecule has 3 rings (SSSR count). The van der Waals surface area contributed by atoms with Crippen molar-refractivity contribution in [3.63, 3.8) is 0 Å². The fourth-order valence-electron chi connectivity index (χ4n) is 4.70. The summed E-state index contributed by atoms with van der Waals surface area (Å²) in [5, 5.41) is 0. The number of fused-ring (bicyclic) bond motifs is 3. The maximum atomic E-state index is 11.5. The van der Waals surface area contributed by atoms with E-state index in [0.717, 1.165) is 6.42 Å². The summed E-state index contributed by atoms with van der Waals surface area (Å²) in [6.45, 7) is 7.15. The monoisotopic (exact) mass is 234 g/mol. The molecule has 2 aliphatic carbocycles. The van der Waals surface area contributed by atoms with E-state index in [1.54, 1.807) is 6.08 Å². The van der Waals surface area contributed by atoms with Gasteiger partial charge in [0.05, 0.1) is 0 Å². The third kappa shape index (κ3) is 1.49. The number of hydrogen-bond acceptors (Lipinski definition) is 2. The lowest BCUT2D eigenvalue weighted by Gasteiger charge is -2.55. The molecule has 0 aromatic carbocycles. The molecule has 0 bridgehead atoms. The Bertz CT molecular complexity index is 394. The van der Waals surface area contributed by atoms with Crippen LogP contribution in [0.25, 0.3) is 0 Å². The van der Waals surface area contributed by atoms with Crippen LogP contribution in [0.1, 0.15) is 52.9 Å². The smallest absolute Gasteiger partial charge is 0.331 e. The van der Waals surface area contributed by atoms with Crippen LogP contribution in [-0.4, -0.2) is 12.1 Å². The summed E-state index contributed by atoms with van der Waals surface area (Å²) in [6.07, 6.45) is 7.94. The lowest BCUT2D eigenvalue weighted by molar-refractivity contribution is -0.140. The zero-order valence-corrected chi connectivity index (χ0v) is 11.1. The fourth-order valence-corrected chi connectivity index (χ4v) is 4.70. The first-order chi connectivity index (χ1) is 7.93. The van der Waals surface area contributed by atoms with Gasteiger partial charge >= 0.3 is 5.97 Å². The first kappa shape index (κ1) is 11.3. The quantitative estimate of drug-likeness (QED) is 0.600. The lowest BCUT2D eigenvalue weighted by Crippen LogP contribution is -2.48. The highest BCUT2D eigenvalue weighted by molar-refractivity contribution is 5.86. The zero-order chi connectivity index (χ0) is 12.3. The first-order valence-electron chi connectivity index (χ1n) is 6.86. The Morgan fingerprint density at radius 3 is 2.76 bits per heavy atom. The summed E-state index contributed by atoms with van der Waals surface area (Å²) in [5.74, 6) is 0.594. The van der Waals surface area contributed by atoms with Crippen molar-refractivity contribution in [2.45, 2.75) is 59.0 Å². The van der Waals surface area contributed by atoms with Gasteiger partial charge in [-0.2, -0.15) is 0 Å². The van der Waals surface area contributed by atoms with Gasteiger partial charge in [-0.1, -0.05) is 27.2 Å². The highest BCUT2D eigenvalue weighted by Gasteiger charge is 2.54. The van der Waals surface area contributed by atoms with E-state index >= 15 is 0 Å². The van der Waals surface area contributed by atoms with Crippen molar-refractivity contribution in [2.24, 2.45) is 16.7 Å². The van der Waals surface area contributed by atoms with E-state index < -0.39 is 0 Å². The predicted molar refractivity (Wildman–Crippen MR) is 66.4 cm³/mol. The van der Waals surface area contributed by atoms with E-state index in [9.17, 15) is 4.79 Å². The van der Waals surface area contributed by atoms with Crippen LogP contribution in [0.5, 0.6) is 0 Å². The van der Waals surface area contributed by atoms with Gasteiger partial charge in [-0.15, -0.1) is 0 Å². The van der Waals surface area contributed by atoms with Crippen molar-refractivity contribution in [3.8, 4) is 0 Å². The molecule has 17 heavy (non-hydrogen) atoms. The SMILES string of the molecule is CC1(C)CCC[C@]2(C)C3=CC(=O)O[C@@H]3CC[C@@H]12. The molecular weight excluding hydrogens is 212 g/mol. The molecule has 1 aliphatic heterocycles. The zero-order valence-electron chi connectivity index (χ0n) is 11.1. The molecular formula is C15H22O2. The molecule has 2 nitrogen and oxygen atoms in total. The van der Waals surface area contributed by atoms with Gasteiger partial charge in [0.15, 0.2) is 0 Å². The number of hydrogen-bond donors (Lipinski definition) is 0. The Hall–Kier alpha value is -0.790.